The van der Waals surface area contributed by atoms with Crippen LogP contribution in [0.3, 0.4) is 0 Å². The second-order valence-electron chi connectivity index (χ2n) is 7.94. The third-order valence-corrected chi connectivity index (χ3v) is 5.93. The molecule has 0 radical (unpaired) electrons. The second kappa shape index (κ2) is 8.59. The summed E-state index contributed by atoms with van der Waals surface area (Å²) in [6.07, 6.45) is 7.19. The molecule has 0 saturated heterocycles. The lowest BCUT2D eigenvalue weighted by Gasteiger charge is -2.33. The molecule has 0 atom stereocenters. The molecule has 0 aromatic heterocycles. The Morgan fingerprint density at radius 2 is 1.82 bits per heavy atom. The molecule has 0 unspecified atom stereocenters. The zero-order chi connectivity index (χ0) is 19.3. The molecule has 1 heterocycles. The van der Waals surface area contributed by atoms with Crippen molar-refractivity contribution in [2.45, 2.75) is 45.1 Å². The Kier molecular flexibility index (Phi) is 5.75. The summed E-state index contributed by atoms with van der Waals surface area (Å²) in [5.74, 6) is 0.409. The summed E-state index contributed by atoms with van der Waals surface area (Å²) < 4.78 is 5.42. The second-order valence-corrected chi connectivity index (χ2v) is 7.94. The first-order valence-electron chi connectivity index (χ1n) is 10.3. The number of amides is 1. The normalized spacial score (nSPS) is 17.3. The van der Waals surface area contributed by atoms with Gasteiger partial charge in [-0.25, -0.2) is 4.79 Å². The van der Waals surface area contributed by atoms with Crippen LogP contribution in [0.4, 0.5) is 0 Å². The minimum atomic E-state index is -0.344. The Morgan fingerprint density at radius 3 is 2.61 bits per heavy atom. The van der Waals surface area contributed by atoms with Crippen LogP contribution in [-0.4, -0.2) is 29.9 Å². The standard InChI is InChI=1S/C24H27NO3/c26-23-22-12-11-21(24(27)28-17-19-9-5-2-6-10-19)15-20(22)13-14-25(23)16-18-7-3-1-4-8-18/h2,5-6,9-12,15,18H,1,3-4,7-8,13-14,16-17H2. The van der Waals surface area contributed by atoms with E-state index in [4.69, 9.17) is 4.74 Å². The minimum absolute atomic E-state index is 0.107. The van der Waals surface area contributed by atoms with Gasteiger partial charge < -0.3 is 9.64 Å². The van der Waals surface area contributed by atoms with Gasteiger partial charge in [0.05, 0.1) is 5.56 Å². The maximum absolute atomic E-state index is 12.9. The molecule has 1 amide bonds. The summed E-state index contributed by atoms with van der Waals surface area (Å²) in [4.78, 5) is 27.3. The van der Waals surface area contributed by atoms with E-state index < -0.39 is 0 Å². The molecule has 4 heteroatoms. The molecule has 0 spiro atoms. The number of fused-ring (bicyclic) bond motifs is 1. The maximum Gasteiger partial charge on any atom is 0.338 e. The fourth-order valence-corrected chi connectivity index (χ4v) is 4.33. The van der Waals surface area contributed by atoms with Crippen LogP contribution >= 0.6 is 0 Å². The van der Waals surface area contributed by atoms with Crippen molar-refractivity contribution in [3.63, 3.8) is 0 Å². The molecule has 28 heavy (non-hydrogen) atoms. The van der Waals surface area contributed by atoms with Gasteiger partial charge >= 0.3 is 5.97 Å². The fourth-order valence-electron chi connectivity index (χ4n) is 4.33. The van der Waals surface area contributed by atoms with Gasteiger partial charge in [0.15, 0.2) is 0 Å². The highest BCUT2D eigenvalue weighted by atomic mass is 16.5. The highest BCUT2D eigenvalue weighted by Crippen LogP contribution is 2.27. The molecule has 2 aromatic carbocycles. The summed E-state index contributed by atoms with van der Waals surface area (Å²) in [7, 11) is 0. The molecule has 2 aliphatic rings. The molecule has 4 nitrogen and oxygen atoms in total. The summed E-state index contributed by atoms with van der Waals surface area (Å²) >= 11 is 0. The van der Waals surface area contributed by atoms with Gasteiger partial charge in [-0.05, 0) is 54.5 Å². The van der Waals surface area contributed by atoms with E-state index in [9.17, 15) is 9.59 Å². The van der Waals surface area contributed by atoms with Gasteiger partial charge in [-0.2, -0.15) is 0 Å². The van der Waals surface area contributed by atoms with Crippen molar-refractivity contribution in [1.29, 1.82) is 0 Å². The monoisotopic (exact) mass is 377 g/mol. The number of carbonyl (C=O) groups excluding carboxylic acids is 2. The number of nitrogens with zero attached hydrogens (tertiary/aromatic N) is 1. The van der Waals surface area contributed by atoms with Crippen molar-refractivity contribution in [3.05, 3.63) is 70.8 Å². The lowest BCUT2D eigenvalue weighted by molar-refractivity contribution is 0.0471. The van der Waals surface area contributed by atoms with E-state index in [1.807, 2.05) is 41.3 Å². The van der Waals surface area contributed by atoms with Gasteiger partial charge in [-0.3, -0.25) is 4.79 Å². The first-order valence-corrected chi connectivity index (χ1v) is 10.3. The van der Waals surface area contributed by atoms with Crippen LogP contribution in [-0.2, 0) is 17.8 Å². The topological polar surface area (TPSA) is 46.6 Å². The van der Waals surface area contributed by atoms with Crippen LogP contribution in [0.2, 0.25) is 0 Å². The molecule has 4 rings (SSSR count). The summed E-state index contributed by atoms with van der Waals surface area (Å²) in [5, 5.41) is 0. The lowest BCUT2D eigenvalue weighted by Crippen LogP contribution is -2.41. The van der Waals surface area contributed by atoms with Crippen LogP contribution in [0.25, 0.3) is 0 Å². The van der Waals surface area contributed by atoms with E-state index in [2.05, 4.69) is 0 Å². The van der Waals surface area contributed by atoms with Gasteiger partial charge in [0.1, 0.15) is 6.61 Å². The van der Waals surface area contributed by atoms with Crippen molar-refractivity contribution >= 4 is 11.9 Å². The highest BCUT2D eigenvalue weighted by molar-refractivity contribution is 5.98. The molecular formula is C24H27NO3. The molecule has 2 aromatic rings. The molecule has 0 bridgehead atoms. The van der Waals surface area contributed by atoms with Crippen LogP contribution in [0.1, 0.15) is 63.9 Å². The Hall–Kier alpha value is -2.62. The summed E-state index contributed by atoms with van der Waals surface area (Å²) in [5.41, 5.74) is 3.17. The van der Waals surface area contributed by atoms with Gasteiger partial charge in [0.2, 0.25) is 0 Å². The number of carbonyl (C=O) groups is 2. The van der Waals surface area contributed by atoms with Crippen LogP contribution in [0, 0.1) is 5.92 Å². The van der Waals surface area contributed by atoms with E-state index in [1.54, 1.807) is 12.1 Å². The average Bonchev–Trinajstić information content (AvgIpc) is 2.75. The fraction of sp³-hybridized carbons (Fsp3) is 0.417. The van der Waals surface area contributed by atoms with E-state index in [0.29, 0.717) is 11.5 Å². The van der Waals surface area contributed by atoms with Crippen molar-refractivity contribution in [2.75, 3.05) is 13.1 Å². The van der Waals surface area contributed by atoms with Crippen molar-refractivity contribution in [1.82, 2.24) is 4.90 Å². The number of esters is 1. The molecule has 0 N–H and O–H groups in total. The van der Waals surface area contributed by atoms with Gasteiger partial charge in [0, 0.05) is 18.7 Å². The Labute approximate surface area is 166 Å². The maximum atomic E-state index is 12.9. The molecular weight excluding hydrogens is 350 g/mol. The summed E-state index contributed by atoms with van der Waals surface area (Å²) in [6.45, 7) is 1.87. The molecule has 146 valence electrons. The SMILES string of the molecule is O=C(OCc1ccccc1)c1ccc2c(c1)CCN(CC1CCCCC1)C2=O. The largest absolute Gasteiger partial charge is 0.457 e. The number of hydrogen-bond donors (Lipinski definition) is 0. The van der Waals surface area contributed by atoms with E-state index in [1.165, 1.54) is 32.1 Å². The lowest BCUT2D eigenvalue weighted by atomic mass is 9.88. The molecule has 1 saturated carbocycles. The Bertz CT molecular complexity index is 840. The third-order valence-electron chi connectivity index (χ3n) is 5.93. The zero-order valence-corrected chi connectivity index (χ0v) is 16.2. The van der Waals surface area contributed by atoms with Crippen molar-refractivity contribution < 1.29 is 14.3 Å². The smallest absolute Gasteiger partial charge is 0.338 e. The number of ether oxygens (including phenoxy) is 1. The van der Waals surface area contributed by atoms with Crippen LogP contribution in [0.5, 0.6) is 0 Å². The molecule has 1 fully saturated rings. The Morgan fingerprint density at radius 1 is 1.04 bits per heavy atom. The van der Waals surface area contributed by atoms with E-state index in [0.717, 1.165) is 36.2 Å². The Balaban J connectivity index is 1.40. The van der Waals surface area contributed by atoms with Crippen molar-refractivity contribution in [3.8, 4) is 0 Å². The average molecular weight is 377 g/mol. The van der Waals surface area contributed by atoms with Gasteiger partial charge in [-0.1, -0.05) is 49.6 Å². The predicted molar refractivity (Wildman–Crippen MR) is 108 cm³/mol. The van der Waals surface area contributed by atoms with Crippen LogP contribution in [0.15, 0.2) is 48.5 Å². The molecule has 1 aliphatic heterocycles. The van der Waals surface area contributed by atoms with Gasteiger partial charge in [0.25, 0.3) is 5.91 Å². The van der Waals surface area contributed by atoms with E-state index >= 15 is 0 Å². The third kappa shape index (κ3) is 4.27. The molecule has 1 aliphatic carbocycles. The number of benzene rings is 2. The van der Waals surface area contributed by atoms with E-state index in [-0.39, 0.29) is 18.5 Å². The van der Waals surface area contributed by atoms with Gasteiger partial charge in [-0.15, -0.1) is 0 Å². The first kappa shape index (κ1) is 18.7. The number of rotatable bonds is 5. The van der Waals surface area contributed by atoms with Crippen LogP contribution < -0.4 is 0 Å². The summed E-state index contributed by atoms with van der Waals surface area (Å²) in [6, 6.07) is 15.0. The predicted octanol–water partition coefficient (Wildman–Crippen LogP) is 4.62. The zero-order valence-electron chi connectivity index (χ0n) is 16.2. The van der Waals surface area contributed by atoms with Crippen molar-refractivity contribution in [2.24, 2.45) is 5.92 Å². The minimum Gasteiger partial charge on any atom is -0.457 e. The first-order chi connectivity index (χ1) is 13.7. The highest BCUT2D eigenvalue weighted by Gasteiger charge is 2.27. The quantitative estimate of drug-likeness (QED) is 0.714. The number of hydrogen-bond acceptors (Lipinski definition) is 3.